The zero-order valence-corrected chi connectivity index (χ0v) is 11.8. The molecule has 0 bridgehead atoms. The Morgan fingerprint density at radius 2 is 2.35 bits per heavy atom. The lowest BCUT2D eigenvalue weighted by Gasteiger charge is -2.38. The number of nitrogens with zero attached hydrogens (tertiary/aromatic N) is 3. The molecule has 1 fully saturated rings. The molecule has 1 aliphatic heterocycles. The van der Waals surface area contributed by atoms with Gasteiger partial charge in [0.2, 0.25) is 0 Å². The summed E-state index contributed by atoms with van der Waals surface area (Å²) in [5, 5.41) is 0.227. The molecule has 1 atom stereocenters. The Balaban J connectivity index is 1.77. The molecule has 20 heavy (non-hydrogen) atoms. The second-order valence-corrected chi connectivity index (χ2v) is 5.20. The number of hydrogen-bond donors (Lipinski definition) is 1. The number of carbonyl (C=O) groups is 1. The predicted molar refractivity (Wildman–Crippen MR) is 73.6 cm³/mol. The number of aromatic amines is 1. The van der Waals surface area contributed by atoms with Crippen LogP contribution in [0.15, 0.2) is 28.9 Å². The van der Waals surface area contributed by atoms with Gasteiger partial charge in [0.25, 0.3) is 5.91 Å². The summed E-state index contributed by atoms with van der Waals surface area (Å²) in [7, 11) is 2.03. The van der Waals surface area contributed by atoms with Crippen molar-refractivity contribution in [3.05, 3.63) is 41.3 Å². The molecule has 7 heteroatoms. The number of hydrogen-bond acceptors (Lipinski definition) is 4. The molecule has 2 aromatic rings. The van der Waals surface area contributed by atoms with Gasteiger partial charge in [-0.1, -0.05) is 0 Å². The van der Waals surface area contributed by atoms with E-state index in [0.29, 0.717) is 13.1 Å². The fourth-order valence-electron chi connectivity index (χ4n) is 2.40. The first kappa shape index (κ1) is 13.2. The molecule has 0 aromatic carbocycles. The van der Waals surface area contributed by atoms with Gasteiger partial charge in [0.1, 0.15) is 5.82 Å². The number of halogens is 1. The summed E-state index contributed by atoms with van der Waals surface area (Å²) >= 11 is 5.72. The highest BCUT2D eigenvalue weighted by atomic mass is 35.5. The van der Waals surface area contributed by atoms with Crippen LogP contribution in [-0.4, -0.2) is 52.4 Å². The van der Waals surface area contributed by atoms with Crippen molar-refractivity contribution in [2.75, 3.05) is 26.7 Å². The van der Waals surface area contributed by atoms with Crippen LogP contribution in [0.3, 0.4) is 0 Å². The summed E-state index contributed by atoms with van der Waals surface area (Å²) in [5.41, 5.74) is 0. The van der Waals surface area contributed by atoms with Gasteiger partial charge in [0.05, 0.1) is 6.04 Å². The number of rotatable bonds is 2. The highest BCUT2D eigenvalue weighted by molar-refractivity contribution is 6.29. The van der Waals surface area contributed by atoms with E-state index in [9.17, 15) is 4.79 Å². The van der Waals surface area contributed by atoms with Crippen LogP contribution < -0.4 is 0 Å². The van der Waals surface area contributed by atoms with Crippen molar-refractivity contribution >= 4 is 17.5 Å². The highest BCUT2D eigenvalue weighted by Crippen LogP contribution is 2.23. The molecular formula is C13H15ClN4O2. The summed E-state index contributed by atoms with van der Waals surface area (Å²) in [4.78, 5) is 23.7. The minimum atomic E-state index is -0.137. The maximum absolute atomic E-state index is 12.4. The summed E-state index contributed by atoms with van der Waals surface area (Å²) in [6, 6.07) is 3.24. The number of H-pyrrole nitrogens is 1. The van der Waals surface area contributed by atoms with Crippen molar-refractivity contribution in [2.24, 2.45) is 0 Å². The van der Waals surface area contributed by atoms with Gasteiger partial charge in [-0.15, -0.1) is 0 Å². The molecule has 0 radical (unpaired) electrons. The average Bonchev–Trinajstić information content (AvgIpc) is 3.09. The lowest BCUT2D eigenvalue weighted by molar-refractivity contribution is 0.0506. The third-order valence-electron chi connectivity index (χ3n) is 3.55. The quantitative estimate of drug-likeness (QED) is 0.917. The van der Waals surface area contributed by atoms with Crippen LogP contribution in [0.1, 0.15) is 22.4 Å². The lowest BCUT2D eigenvalue weighted by Crippen LogP contribution is -2.49. The summed E-state index contributed by atoms with van der Waals surface area (Å²) < 4.78 is 5.19. The SMILES string of the molecule is CN1CCN(C(=O)c2ccc(Cl)o2)C[C@H]1c1ncc[nH]1. The van der Waals surface area contributed by atoms with Gasteiger partial charge < -0.3 is 14.3 Å². The Labute approximate surface area is 121 Å². The maximum Gasteiger partial charge on any atom is 0.289 e. The topological polar surface area (TPSA) is 65.4 Å². The monoisotopic (exact) mass is 294 g/mol. The smallest absolute Gasteiger partial charge is 0.289 e. The average molecular weight is 295 g/mol. The fourth-order valence-corrected chi connectivity index (χ4v) is 2.54. The Morgan fingerprint density at radius 1 is 1.50 bits per heavy atom. The Hall–Kier alpha value is -1.79. The molecule has 3 rings (SSSR count). The molecule has 0 saturated carbocycles. The van der Waals surface area contributed by atoms with Crippen LogP contribution in [0.5, 0.6) is 0 Å². The summed E-state index contributed by atoms with van der Waals surface area (Å²) in [6.45, 7) is 2.01. The number of amides is 1. The number of furan rings is 1. The molecule has 1 saturated heterocycles. The van der Waals surface area contributed by atoms with Gasteiger partial charge >= 0.3 is 0 Å². The van der Waals surface area contributed by atoms with Gasteiger partial charge in [-0.3, -0.25) is 9.69 Å². The number of imidazole rings is 1. The van der Waals surface area contributed by atoms with Crippen LogP contribution >= 0.6 is 11.6 Å². The molecule has 3 heterocycles. The first-order chi connectivity index (χ1) is 9.65. The van der Waals surface area contributed by atoms with Crippen molar-refractivity contribution < 1.29 is 9.21 Å². The molecule has 0 aliphatic carbocycles. The molecular weight excluding hydrogens is 280 g/mol. The van der Waals surface area contributed by atoms with Gasteiger partial charge in [-0.2, -0.15) is 0 Å². The number of aromatic nitrogens is 2. The highest BCUT2D eigenvalue weighted by Gasteiger charge is 2.31. The fraction of sp³-hybridized carbons (Fsp3) is 0.385. The van der Waals surface area contributed by atoms with Gasteiger partial charge in [0, 0.05) is 32.0 Å². The van der Waals surface area contributed by atoms with Crippen molar-refractivity contribution in [2.45, 2.75) is 6.04 Å². The second kappa shape index (κ2) is 5.30. The van der Waals surface area contributed by atoms with Crippen molar-refractivity contribution in [3.8, 4) is 0 Å². The van der Waals surface area contributed by atoms with Crippen LogP contribution in [0.25, 0.3) is 0 Å². The van der Waals surface area contributed by atoms with E-state index in [0.717, 1.165) is 12.4 Å². The van der Waals surface area contributed by atoms with E-state index in [1.54, 1.807) is 29.4 Å². The zero-order valence-electron chi connectivity index (χ0n) is 11.0. The predicted octanol–water partition coefficient (Wildman–Crippen LogP) is 1.78. The number of piperazine rings is 1. The molecule has 1 amide bonds. The van der Waals surface area contributed by atoms with Crippen molar-refractivity contribution in [1.82, 2.24) is 19.8 Å². The first-order valence-electron chi connectivity index (χ1n) is 6.39. The maximum atomic E-state index is 12.4. The van der Waals surface area contributed by atoms with E-state index in [-0.39, 0.29) is 22.9 Å². The molecule has 0 unspecified atom stereocenters. The molecule has 2 aromatic heterocycles. The lowest BCUT2D eigenvalue weighted by atomic mass is 10.1. The van der Waals surface area contributed by atoms with Gasteiger partial charge in [-0.05, 0) is 30.8 Å². The first-order valence-corrected chi connectivity index (χ1v) is 6.77. The van der Waals surface area contributed by atoms with Crippen LogP contribution in [0.2, 0.25) is 5.22 Å². The molecule has 1 N–H and O–H groups in total. The zero-order chi connectivity index (χ0) is 14.1. The van der Waals surface area contributed by atoms with E-state index in [2.05, 4.69) is 14.9 Å². The van der Waals surface area contributed by atoms with E-state index >= 15 is 0 Å². The van der Waals surface area contributed by atoms with E-state index in [1.165, 1.54) is 0 Å². The molecule has 6 nitrogen and oxygen atoms in total. The standard InChI is InChI=1S/C13H15ClN4O2/c1-17-6-7-18(8-9(17)12-15-4-5-16-12)13(19)10-2-3-11(14)20-10/h2-5,9H,6-8H2,1H3,(H,15,16)/t9-/m0/s1. The van der Waals surface area contributed by atoms with E-state index in [1.807, 2.05) is 7.05 Å². The Bertz CT molecular complexity index is 595. The van der Waals surface area contributed by atoms with Crippen LogP contribution in [0, 0.1) is 0 Å². The van der Waals surface area contributed by atoms with Crippen molar-refractivity contribution in [1.29, 1.82) is 0 Å². The second-order valence-electron chi connectivity index (χ2n) is 4.83. The van der Waals surface area contributed by atoms with Crippen LogP contribution in [0.4, 0.5) is 0 Å². The summed E-state index contributed by atoms with van der Waals surface area (Å²) in [5.74, 6) is 1.00. The normalized spacial score (nSPS) is 20.3. The number of carbonyl (C=O) groups excluding carboxylic acids is 1. The largest absolute Gasteiger partial charge is 0.440 e. The van der Waals surface area contributed by atoms with Crippen molar-refractivity contribution in [3.63, 3.8) is 0 Å². The van der Waals surface area contributed by atoms with E-state index in [4.69, 9.17) is 16.0 Å². The van der Waals surface area contributed by atoms with Gasteiger partial charge in [-0.25, -0.2) is 4.98 Å². The Kier molecular flexibility index (Phi) is 3.50. The molecule has 1 aliphatic rings. The summed E-state index contributed by atoms with van der Waals surface area (Å²) in [6.07, 6.45) is 3.51. The molecule has 106 valence electrons. The third kappa shape index (κ3) is 2.44. The number of likely N-dealkylation sites (N-methyl/N-ethyl adjacent to an activating group) is 1. The minimum Gasteiger partial charge on any atom is -0.440 e. The van der Waals surface area contributed by atoms with E-state index < -0.39 is 0 Å². The third-order valence-corrected chi connectivity index (χ3v) is 3.76. The van der Waals surface area contributed by atoms with Gasteiger partial charge in [0.15, 0.2) is 11.0 Å². The van der Waals surface area contributed by atoms with Crippen LogP contribution in [-0.2, 0) is 0 Å². The minimum absolute atomic E-state index is 0.0631. The Morgan fingerprint density at radius 3 is 3.00 bits per heavy atom. The molecule has 0 spiro atoms. The number of nitrogens with one attached hydrogen (secondary N) is 1.